The Morgan fingerprint density at radius 3 is 2.32 bits per heavy atom. The second-order valence-electron chi connectivity index (χ2n) is 7.46. The van der Waals surface area contributed by atoms with Crippen molar-refractivity contribution in [1.29, 1.82) is 0 Å². The predicted octanol–water partition coefficient (Wildman–Crippen LogP) is 4.91. The second-order valence-corrected chi connectivity index (χ2v) is 11.0. The molecule has 0 fully saturated rings. The Bertz CT molecular complexity index is 1130. The Kier molecular flexibility index (Phi) is 5.44. The SMILES string of the molecule is CN(c1ccc2sc(C(=O)NC(C)(C)C)cc2c1)S(=O)(=O)c1ccc(Cl)cc1. The number of hydrogen-bond acceptors (Lipinski definition) is 4. The quantitative estimate of drug-likeness (QED) is 0.632. The number of nitrogens with one attached hydrogen (secondary N) is 1. The summed E-state index contributed by atoms with van der Waals surface area (Å²) in [5.74, 6) is -0.141. The zero-order valence-corrected chi connectivity index (χ0v) is 18.4. The first-order valence-electron chi connectivity index (χ1n) is 8.58. The van der Waals surface area contributed by atoms with Gasteiger partial charge in [0.2, 0.25) is 0 Å². The molecule has 0 unspecified atom stereocenters. The Morgan fingerprint density at radius 1 is 1.07 bits per heavy atom. The van der Waals surface area contributed by atoms with E-state index < -0.39 is 10.0 Å². The minimum atomic E-state index is -3.71. The molecule has 8 heteroatoms. The van der Waals surface area contributed by atoms with Crippen molar-refractivity contribution in [2.45, 2.75) is 31.2 Å². The Balaban J connectivity index is 1.93. The first kappa shape index (κ1) is 20.6. The van der Waals surface area contributed by atoms with Crippen LogP contribution in [0.1, 0.15) is 30.4 Å². The zero-order valence-electron chi connectivity index (χ0n) is 16.0. The van der Waals surface area contributed by atoms with Crippen molar-refractivity contribution in [3.05, 3.63) is 58.4 Å². The molecule has 1 heterocycles. The molecule has 3 rings (SSSR count). The van der Waals surface area contributed by atoms with Gasteiger partial charge in [0, 0.05) is 22.3 Å². The average Bonchev–Trinajstić information content (AvgIpc) is 3.03. The molecule has 3 aromatic rings. The molecule has 1 aromatic heterocycles. The molecule has 2 aromatic carbocycles. The number of fused-ring (bicyclic) bond motifs is 1. The van der Waals surface area contributed by atoms with Crippen LogP contribution >= 0.6 is 22.9 Å². The number of nitrogens with zero attached hydrogens (tertiary/aromatic N) is 1. The summed E-state index contributed by atoms with van der Waals surface area (Å²) in [5, 5.41) is 4.23. The summed E-state index contributed by atoms with van der Waals surface area (Å²) in [6.07, 6.45) is 0. The highest BCUT2D eigenvalue weighted by Crippen LogP contribution is 2.31. The molecule has 1 N–H and O–H groups in total. The molecule has 0 radical (unpaired) electrons. The van der Waals surface area contributed by atoms with E-state index in [2.05, 4.69) is 5.32 Å². The number of sulfonamides is 1. The average molecular weight is 437 g/mol. The van der Waals surface area contributed by atoms with E-state index in [1.165, 1.54) is 34.8 Å². The third kappa shape index (κ3) is 4.32. The van der Waals surface area contributed by atoms with E-state index in [1.807, 2.05) is 26.8 Å². The van der Waals surface area contributed by atoms with E-state index in [4.69, 9.17) is 11.6 Å². The van der Waals surface area contributed by atoms with Gasteiger partial charge >= 0.3 is 0 Å². The number of hydrogen-bond donors (Lipinski definition) is 1. The normalized spacial score (nSPS) is 12.2. The van der Waals surface area contributed by atoms with Gasteiger partial charge in [-0.2, -0.15) is 0 Å². The van der Waals surface area contributed by atoms with Crippen LogP contribution in [0.25, 0.3) is 10.1 Å². The molecular weight excluding hydrogens is 416 g/mol. The second kappa shape index (κ2) is 7.39. The third-order valence-electron chi connectivity index (χ3n) is 4.05. The summed E-state index contributed by atoms with van der Waals surface area (Å²) < 4.78 is 27.9. The number of carbonyl (C=O) groups is 1. The lowest BCUT2D eigenvalue weighted by Crippen LogP contribution is -2.40. The lowest BCUT2D eigenvalue weighted by Gasteiger charge is -2.19. The van der Waals surface area contributed by atoms with Gasteiger partial charge in [0.1, 0.15) is 0 Å². The predicted molar refractivity (Wildman–Crippen MR) is 116 cm³/mol. The van der Waals surface area contributed by atoms with Crippen LogP contribution in [0.2, 0.25) is 5.02 Å². The number of carbonyl (C=O) groups excluding carboxylic acids is 1. The molecule has 1 amide bonds. The standard InChI is InChI=1S/C20H21ClN2O3S2/c1-20(2,3)22-19(24)18-12-13-11-15(7-10-17(13)27-18)23(4)28(25,26)16-8-5-14(21)6-9-16/h5-12H,1-4H3,(H,22,24). The fourth-order valence-corrected chi connectivity index (χ4v) is 4.90. The highest BCUT2D eigenvalue weighted by atomic mass is 35.5. The molecule has 148 valence electrons. The minimum Gasteiger partial charge on any atom is -0.347 e. The van der Waals surface area contributed by atoms with Gasteiger partial charge < -0.3 is 5.32 Å². The van der Waals surface area contributed by atoms with Gasteiger partial charge in [-0.1, -0.05) is 11.6 Å². The van der Waals surface area contributed by atoms with E-state index in [9.17, 15) is 13.2 Å². The van der Waals surface area contributed by atoms with Crippen LogP contribution in [-0.2, 0) is 10.0 Å². The van der Waals surface area contributed by atoms with Crippen LogP contribution in [0.4, 0.5) is 5.69 Å². The van der Waals surface area contributed by atoms with Gasteiger partial charge in [-0.05, 0) is 74.7 Å². The molecular formula is C20H21ClN2O3S2. The van der Waals surface area contributed by atoms with E-state index in [1.54, 1.807) is 30.3 Å². The Labute approximate surface area is 174 Å². The Hall–Kier alpha value is -2.09. The smallest absolute Gasteiger partial charge is 0.264 e. The first-order valence-corrected chi connectivity index (χ1v) is 11.2. The summed E-state index contributed by atoms with van der Waals surface area (Å²) in [7, 11) is -2.21. The van der Waals surface area contributed by atoms with Gasteiger partial charge in [-0.3, -0.25) is 9.10 Å². The van der Waals surface area contributed by atoms with E-state index in [0.717, 1.165) is 10.1 Å². The van der Waals surface area contributed by atoms with Crippen molar-refractivity contribution in [2.75, 3.05) is 11.4 Å². The van der Waals surface area contributed by atoms with E-state index in [-0.39, 0.29) is 16.3 Å². The maximum Gasteiger partial charge on any atom is 0.264 e. The van der Waals surface area contributed by atoms with Crippen molar-refractivity contribution < 1.29 is 13.2 Å². The Morgan fingerprint density at radius 2 is 1.71 bits per heavy atom. The highest BCUT2D eigenvalue weighted by Gasteiger charge is 2.22. The van der Waals surface area contributed by atoms with Crippen LogP contribution in [0.3, 0.4) is 0 Å². The zero-order chi connectivity index (χ0) is 20.7. The number of anilines is 1. The maximum absolute atomic E-state index is 12.9. The molecule has 28 heavy (non-hydrogen) atoms. The fraction of sp³-hybridized carbons (Fsp3) is 0.250. The molecule has 0 spiro atoms. The summed E-state index contributed by atoms with van der Waals surface area (Å²) in [4.78, 5) is 13.2. The minimum absolute atomic E-state index is 0.141. The van der Waals surface area contributed by atoms with Gasteiger partial charge in [-0.15, -0.1) is 11.3 Å². The number of amides is 1. The third-order valence-corrected chi connectivity index (χ3v) is 7.21. The van der Waals surface area contributed by atoms with E-state index >= 15 is 0 Å². The number of rotatable bonds is 4. The molecule has 5 nitrogen and oxygen atoms in total. The van der Waals surface area contributed by atoms with Crippen LogP contribution in [0.5, 0.6) is 0 Å². The highest BCUT2D eigenvalue weighted by molar-refractivity contribution is 7.92. The molecule has 0 bridgehead atoms. The molecule has 0 atom stereocenters. The molecule has 0 aliphatic carbocycles. The largest absolute Gasteiger partial charge is 0.347 e. The van der Waals surface area contributed by atoms with Crippen LogP contribution in [-0.4, -0.2) is 26.9 Å². The molecule has 0 saturated carbocycles. The number of benzene rings is 2. The van der Waals surface area contributed by atoms with Crippen molar-refractivity contribution in [1.82, 2.24) is 5.32 Å². The van der Waals surface area contributed by atoms with Crippen LogP contribution in [0, 0.1) is 0 Å². The van der Waals surface area contributed by atoms with Crippen molar-refractivity contribution in [2.24, 2.45) is 0 Å². The summed E-state index contributed by atoms with van der Waals surface area (Å²) in [6.45, 7) is 5.77. The molecule has 0 saturated heterocycles. The summed E-state index contributed by atoms with van der Waals surface area (Å²) in [5.41, 5.74) is 0.189. The first-order chi connectivity index (χ1) is 13.0. The monoisotopic (exact) mass is 436 g/mol. The van der Waals surface area contributed by atoms with Gasteiger partial charge in [0.25, 0.3) is 15.9 Å². The number of halogens is 1. The summed E-state index contributed by atoms with van der Waals surface area (Å²) >= 11 is 7.23. The maximum atomic E-state index is 12.9. The summed E-state index contributed by atoms with van der Waals surface area (Å²) in [6, 6.07) is 13.2. The topological polar surface area (TPSA) is 66.5 Å². The molecule has 0 aliphatic heterocycles. The molecule has 0 aliphatic rings. The number of thiophene rings is 1. The van der Waals surface area contributed by atoms with Gasteiger partial charge in [0.05, 0.1) is 15.5 Å². The van der Waals surface area contributed by atoms with Gasteiger partial charge in [0.15, 0.2) is 0 Å². The van der Waals surface area contributed by atoms with Crippen molar-refractivity contribution in [3.8, 4) is 0 Å². The van der Waals surface area contributed by atoms with Crippen LogP contribution < -0.4 is 9.62 Å². The van der Waals surface area contributed by atoms with E-state index in [0.29, 0.717) is 15.6 Å². The fourth-order valence-electron chi connectivity index (χ4n) is 2.64. The van der Waals surface area contributed by atoms with Gasteiger partial charge in [-0.25, -0.2) is 8.42 Å². The van der Waals surface area contributed by atoms with Crippen LogP contribution in [0.15, 0.2) is 53.4 Å². The van der Waals surface area contributed by atoms with Crippen molar-refractivity contribution >= 4 is 54.6 Å². The van der Waals surface area contributed by atoms with Crippen molar-refractivity contribution in [3.63, 3.8) is 0 Å². The lowest BCUT2D eigenvalue weighted by molar-refractivity contribution is 0.0924. The lowest BCUT2D eigenvalue weighted by atomic mass is 10.1.